The molecule has 0 aliphatic carbocycles. The summed E-state index contributed by atoms with van der Waals surface area (Å²) in [5.41, 5.74) is 2.78. The third-order valence-corrected chi connectivity index (χ3v) is 4.75. The van der Waals surface area contributed by atoms with E-state index in [0.29, 0.717) is 11.3 Å². The van der Waals surface area contributed by atoms with E-state index in [1.54, 1.807) is 37.3 Å². The van der Waals surface area contributed by atoms with Crippen LogP contribution in [0.4, 0.5) is 0 Å². The van der Waals surface area contributed by atoms with Crippen LogP contribution in [0.5, 0.6) is 5.75 Å². The Labute approximate surface area is 159 Å². The molecule has 27 heavy (non-hydrogen) atoms. The lowest BCUT2D eigenvalue weighted by Gasteiger charge is -1.99. The number of aromatic hydroxyl groups is 1. The van der Waals surface area contributed by atoms with Crippen LogP contribution >= 0.6 is 0 Å². The van der Waals surface area contributed by atoms with E-state index in [0.717, 1.165) is 11.1 Å². The Balaban J connectivity index is 0.000000208. The Bertz CT molecular complexity index is 961. The first-order chi connectivity index (χ1) is 12.8. The van der Waals surface area contributed by atoms with E-state index in [-0.39, 0.29) is 4.90 Å². The van der Waals surface area contributed by atoms with E-state index in [9.17, 15) is 8.42 Å². The standard InChI is InChI=1S/C14H13NO.C7H8O3S/c1-15-10-8-13(9-11-15)3-2-12-4-6-14(16)7-5-12;1-6-4-2-3-5-7(6)11(8,9)10/h2-11H,1H3;2-5H,1H3,(H,8,9,10)/p+1. The van der Waals surface area contributed by atoms with Gasteiger partial charge in [0.15, 0.2) is 12.4 Å². The highest BCUT2D eigenvalue weighted by molar-refractivity contribution is 7.85. The van der Waals surface area contributed by atoms with Gasteiger partial charge in [-0.2, -0.15) is 8.42 Å². The summed E-state index contributed by atoms with van der Waals surface area (Å²) >= 11 is 0. The average molecular weight is 384 g/mol. The van der Waals surface area contributed by atoms with Gasteiger partial charge in [-0.05, 0) is 41.8 Å². The van der Waals surface area contributed by atoms with Gasteiger partial charge < -0.3 is 5.11 Å². The minimum atomic E-state index is -4.03. The van der Waals surface area contributed by atoms with E-state index in [2.05, 4.69) is 12.1 Å². The number of hydrogen-bond donors (Lipinski definition) is 2. The first kappa shape index (κ1) is 20.4. The molecule has 0 aliphatic heterocycles. The predicted octanol–water partition coefficient (Wildman–Crippen LogP) is 3.63. The summed E-state index contributed by atoms with van der Waals surface area (Å²) < 4.78 is 31.9. The Morgan fingerprint density at radius 3 is 1.85 bits per heavy atom. The van der Waals surface area contributed by atoms with Gasteiger partial charge in [0.25, 0.3) is 10.1 Å². The highest BCUT2D eigenvalue weighted by Gasteiger charge is 2.10. The largest absolute Gasteiger partial charge is 0.508 e. The van der Waals surface area contributed by atoms with Crippen molar-refractivity contribution in [2.75, 3.05) is 0 Å². The maximum absolute atomic E-state index is 10.6. The molecule has 6 heteroatoms. The quantitative estimate of drug-likeness (QED) is 0.534. The Kier molecular flexibility index (Phi) is 6.87. The molecule has 0 bridgehead atoms. The van der Waals surface area contributed by atoms with Crippen LogP contribution in [0.1, 0.15) is 16.7 Å². The highest BCUT2D eigenvalue weighted by atomic mass is 32.2. The normalized spacial score (nSPS) is 11.1. The second-order valence-electron chi connectivity index (χ2n) is 5.96. The molecule has 1 aromatic heterocycles. The molecule has 3 rings (SSSR count). The van der Waals surface area contributed by atoms with E-state index in [1.165, 1.54) is 6.07 Å². The van der Waals surface area contributed by atoms with Crippen molar-refractivity contribution in [1.82, 2.24) is 0 Å². The second-order valence-corrected chi connectivity index (χ2v) is 7.35. The zero-order valence-corrected chi connectivity index (χ0v) is 16.0. The minimum Gasteiger partial charge on any atom is -0.508 e. The summed E-state index contributed by atoms with van der Waals surface area (Å²) in [4.78, 5) is -0.0278. The lowest BCUT2D eigenvalue weighted by atomic mass is 10.1. The molecule has 3 aromatic rings. The Morgan fingerprint density at radius 1 is 0.852 bits per heavy atom. The maximum Gasteiger partial charge on any atom is 0.294 e. The second kappa shape index (κ2) is 9.12. The molecular weight excluding hydrogens is 362 g/mol. The van der Waals surface area contributed by atoms with Crippen LogP contribution in [0.3, 0.4) is 0 Å². The maximum atomic E-state index is 10.6. The number of aryl methyl sites for hydroxylation is 2. The minimum absolute atomic E-state index is 0.0278. The Morgan fingerprint density at radius 2 is 1.37 bits per heavy atom. The van der Waals surface area contributed by atoms with Crippen molar-refractivity contribution in [3.63, 3.8) is 0 Å². The number of nitrogens with zero attached hydrogens (tertiary/aromatic N) is 1. The van der Waals surface area contributed by atoms with Gasteiger partial charge in [0.05, 0.1) is 4.90 Å². The molecule has 2 N–H and O–H groups in total. The monoisotopic (exact) mass is 384 g/mol. The molecule has 0 fully saturated rings. The Hall–Kier alpha value is -2.96. The summed E-state index contributed by atoms with van der Waals surface area (Å²) in [6, 6.07) is 17.5. The van der Waals surface area contributed by atoms with E-state index in [1.807, 2.05) is 48.3 Å². The topological polar surface area (TPSA) is 78.5 Å². The zero-order chi connectivity index (χ0) is 19.9. The smallest absolute Gasteiger partial charge is 0.294 e. The fraction of sp³-hybridized carbons (Fsp3) is 0.0952. The number of hydrogen-bond acceptors (Lipinski definition) is 3. The summed E-state index contributed by atoms with van der Waals surface area (Å²) in [5.74, 6) is 0.295. The first-order valence-corrected chi connectivity index (χ1v) is 9.65. The van der Waals surface area contributed by atoms with Gasteiger partial charge in [-0.25, -0.2) is 4.57 Å². The van der Waals surface area contributed by atoms with Crippen LogP contribution in [0.25, 0.3) is 12.2 Å². The van der Waals surface area contributed by atoms with Gasteiger partial charge in [0.1, 0.15) is 12.8 Å². The fourth-order valence-electron chi connectivity index (χ4n) is 2.25. The lowest BCUT2D eigenvalue weighted by molar-refractivity contribution is -0.671. The van der Waals surface area contributed by atoms with Gasteiger partial charge >= 0.3 is 0 Å². The van der Waals surface area contributed by atoms with Crippen molar-refractivity contribution in [2.24, 2.45) is 7.05 Å². The van der Waals surface area contributed by atoms with Gasteiger partial charge in [0, 0.05) is 12.1 Å². The summed E-state index contributed by atoms with van der Waals surface area (Å²) in [5, 5.41) is 9.15. The number of pyridine rings is 1. The number of benzene rings is 2. The van der Waals surface area contributed by atoms with Crippen LogP contribution in [0, 0.1) is 6.92 Å². The molecule has 0 radical (unpaired) electrons. The van der Waals surface area contributed by atoms with Gasteiger partial charge in [0.2, 0.25) is 0 Å². The fourth-order valence-corrected chi connectivity index (χ4v) is 2.97. The molecule has 140 valence electrons. The lowest BCUT2D eigenvalue weighted by Crippen LogP contribution is -2.25. The average Bonchev–Trinajstić information content (AvgIpc) is 2.63. The van der Waals surface area contributed by atoms with E-state index < -0.39 is 10.1 Å². The summed E-state index contributed by atoms with van der Waals surface area (Å²) in [6.07, 6.45) is 8.09. The van der Waals surface area contributed by atoms with Crippen LogP contribution in [0.15, 0.2) is 78.0 Å². The van der Waals surface area contributed by atoms with Crippen molar-refractivity contribution >= 4 is 22.3 Å². The molecule has 1 heterocycles. The predicted molar refractivity (Wildman–Crippen MR) is 106 cm³/mol. The molecule has 5 nitrogen and oxygen atoms in total. The molecular formula is C21H22NO4S+. The van der Waals surface area contributed by atoms with Crippen LogP contribution in [-0.4, -0.2) is 18.1 Å². The summed E-state index contributed by atoms with van der Waals surface area (Å²) in [6.45, 7) is 1.63. The summed E-state index contributed by atoms with van der Waals surface area (Å²) in [7, 11) is -2.04. The molecule has 0 amide bonds. The van der Waals surface area contributed by atoms with Gasteiger partial charge in [-0.1, -0.05) is 42.5 Å². The molecule has 0 spiro atoms. The number of rotatable bonds is 3. The van der Waals surface area contributed by atoms with Crippen molar-refractivity contribution < 1.29 is 22.6 Å². The number of phenolic OH excluding ortho intramolecular Hbond substituents is 1. The molecule has 2 aromatic carbocycles. The highest BCUT2D eigenvalue weighted by Crippen LogP contribution is 2.13. The van der Waals surface area contributed by atoms with Crippen molar-refractivity contribution in [3.8, 4) is 5.75 Å². The molecule has 0 saturated carbocycles. The van der Waals surface area contributed by atoms with Gasteiger partial charge in [-0.15, -0.1) is 0 Å². The van der Waals surface area contributed by atoms with Crippen LogP contribution < -0.4 is 4.57 Å². The van der Waals surface area contributed by atoms with Crippen molar-refractivity contribution in [1.29, 1.82) is 0 Å². The number of phenols is 1. The molecule has 0 aliphatic rings. The third kappa shape index (κ3) is 6.69. The van der Waals surface area contributed by atoms with Crippen LogP contribution in [-0.2, 0) is 17.2 Å². The van der Waals surface area contributed by atoms with Crippen molar-refractivity contribution in [2.45, 2.75) is 11.8 Å². The molecule has 0 saturated heterocycles. The van der Waals surface area contributed by atoms with Crippen LogP contribution in [0.2, 0.25) is 0 Å². The number of aromatic nitrogens is 1. The first-order valence-electron chi connectivity index (χ1n) is 8.21. The SMILES string of the molecule is C[n+]1ccc(C=Cc2ccc(O)cc2)cc1.Cc1ccccc1S(=O)(=O)O. The van der Waals surface area contributed by atoms with Gasteiger partial charge in [-0.3, -0.25) is 4.55 Å². The van der Waals surface area contributed by atoms with Crippen molar-refractivity contribution in [3.05, 3.63) is 89.7 Å². The molecule has 0 unspecified atom stereocenters. The third-order valence-electron chi connectivity index (χ3n) is 3.74. The zero-order valence-electron chi connectivity index (χ0n) is 15.1. The van der Waals surface area contributed by atoms with E-state index >= 15 is 0 Å². The molecule has 0 atom stereocenters. The van der Waals surface area contributed by atoms with E-state index in [4.69, 9.17) is 9.66 Å².